The van der Waals surface area contributed by atoms with Crippen molar-refractivity contribution in [2.24, 2.45) is 10.7 Å². The second-order valence-electron chi connectivity index (χ2n) is 6.95. The Kier molecular flexibility index (Phi) is 5.36. The lowest BCUT2D eigenvalue weighted by Crippen LogP contribution is -2.30. The molecule has 3 N–H and O–H groups in total. The maximum atomic E-state index is 12.5. The van der Waals surface area contributed by atoms with Crippen LogP contribution in [0.15, 0.2) is 35.6 Å². The molecule has 27 heavy (non-hydrogen) atoms. The van der Waals surface area contributed by atoms with Crippen LogP contribution in [-0.4, -0.2) is 40.9 Å². The fourth-order valence-electron chi connectivity index (χ4n) is 3.02. The molecular formula is C19H24N6OS. The van der Waals surface area contributed by atoms with Gasteiger partial charge in [-0.25, -0.2) is 4.98 Å². The Hall–Kier alpha value is -2.61. The number of carbonyl (C=O) groups excluding carboxylic acids is 1. The quantitative estimate of drug-likeness (QED) is 0.841. The highest BCUT2D eigenvalue weighted by Gasteiger charge is 2.32. The summed E-state index contributed by atoms with van der Waals surface area (Å²) < 4.78 is 0. The molecular weight excluding hydrogens is 360 g/mol. The summed E-state index contributed by atoms with van der Waals surface area (Å²) in [6.07, 6.45) is 3.93. The van der Waals surface area contributed by atoms with Crippen LogP contribution in [-0.2, 0) is 5.54 Å². The molecule has 0 bridgehead atoms. The molecule has 0 radical (unpaired) electrons. The first-order chi connectivity index (χ1) is 12.8. The van der Waals surface area contributed by atoms with Crippen LogP contribution in [0.5, 0.6) is 0 Å². The molecule has 0 spiro atoms. The Morgan fingerprint density at radius 2 is 2.07 bits per heavy atom. The van der Waals surface area contributed by atoms with Crippen molar-refractivity contribution in [1.82, 2.24) is 9.97 Å². The normalized spacial score (nSPS) is 19.3. The molecule has 7 nitrogen and oxygen atoms in total. The van der Waals surface area contributed by atoms with Gasteiger partial charge in [0.25, 0.3) is 5.91 Å². The highest BCUT2D eigenvalue weighted by atomic mass is 32.2. The van der Waals surface area contributed by atoms with Crippen LogP contribution in [0.25, 0.3) is 0 Å². The second kappa shape index (κ2) is 7.56. The summed E-state index contributed by atoms with van der Waals surface area (Å²) >= 11 is 1.57. The number of amides is 1. The number of hydrogen-bond acceptors (Lipinski definition) is 7. The maximum Gasteiger partial charge on any atom is 0.275 e. The van der Waals surface area contributed by atoms with Crippen molar-refractivity contribution in [3.8, 4) is 0 Å². The van der Waals surface area contributed by atoms with Crippen molar-refractivity contribution in [2.45, 2.75) is 25.8 Å². The van der Waals surface area contributed by atoms with Crippen molar-refractivity contribution in [2.75, 3.05) is 30.1 Å². The number of benzene rings is 1. The van der Waals surface area contributed by atoms with E-state index in [2.05, 4.69) is 22.2 Å². The summed E-state index contributed by atoms with van der Waals surface area (Å²) in [7, 11) is 3.99. The minimum absolute atomic E-state index is 0.279. The molecule has 3 rings (SSSR count). The third-order valence-corrected chi connectivity index (χ3v) is 5.32. The summed E-state index contributed by atoms with van der Waals surface area (Å²) in [5.41, 5.74) is 9.38. The first-order valence-electron chi connectivity index (χ1n) is 8.68. The monoisotopic (exact) mass is 384 g/mol. The molecule has 8 heteroatoms. The van der Waals surface area contributed by atoms with E-state index in [1.165, 1.54) is 6.20 Å². The smallest absolute Gasteiger partial charge is 0.275 e. The van der Waals surface area contributed by atoms with Crippen LogP contribution in [0.3, 0.4) is 0 Å². The number of aliphatic imine (C=N–C) groups is 1. The van der Waals surface area contributed by atoms with E-state index in [9.17, 15) is 4.79 Å². The van der Waals surface area contributed by atoms with Crippen LogP contribution >= 0.6 is 11.8 Å². The molecule has 0 saturated heterocycles. The third-order valence-electron chi connectivity index (χ3n) is 4.53. The van der Waals surface area contributed by atoms with Crippen molar-refractivity contribution in [3.63, 3.8) is 0 Å². The van der Waals surface area contributed by atoms with E-state index >= 15 is 0 Å². The average molecular weight is 385 g/mol. The van der Waals surface area contributed by atoms with E-state index in [0.717, 1.165) is 29.1 Å². The molecule has 1 atom stereocenters. The lowest BCUT2D eigenvalue weighted by molar-refractivity contribution is 0.102. The lowest BCUT2D eigenvalue weighted by atomic mass is 9.87. The number of nitrogens with zero attached hydrogens (tertiary/aromatic N) is 4. The fourth-order valence-corrected chi connectivity index (χ4v) is 4.00. The predicted molar refractivity (Wildman–Crippen MR) is 112 cm³/mol. The summed E-state index contributed by atoms with van der Waals surface area (Å²) in [6, 6.07) is 5.85. The van der Waals surface area contributed by atoms with Gasteiger partial charge in [0.1, 0.15) is 5.69 Å². The number of thioether (sulfide) groups is 1. The number of nitrogens with two attached hydrogens (primary N) is 1. The molecule has 0 aliphatic carbocycles. The summed E-state index contributed by atoms with van der Waals surface area (Å²) in [5.74, 6) is 0.618. The first-order valence-corrected chi connectivity index (χ1v) is 9.67. The standard InChI is InChI=1S/C19H24N6OS/c1-12-10-22-15(11-21-12)17(26)23-13-5-6-16(25(3)4)14(9-13)19(2)7-8-27-18(20)24-19/h5-6,9-11H,7-8H2,1-4H3,(H2,20,24)(H,23,26)/t19-/m0/s1. The molecule has 1 aliphatic rings. The summed E-state index contributed by atoms with van der Waals surface area (Å²) in [4.78, 5) is 27.5. The Labute approximate surface area is 163 Å². The molecule has 0 unspecified atom stereocenters. The van der Waals surface area contributed by atoms with E-state index < -0.39 is 5.54 Å². The number of aromatic nitrogens is 2. The zero-order chi connectivity index (χ0) is 19.6. The van der Waals surface area contributed by atoms with Gasteiger partial charge in [-0.05, 0) is 38.5 Å². The van der Waals surface area contributed by atoms with Gasteiger partial charge >= 0.3 is 0 Å². The minimum Gasteiger partial charge on any atom is -0.379 e. The van der Waals surface area contributed by atoms with Gasteiger partial charge in [-0.15, -0.1) is 0 Å². The lowest BCUT2D eigenvalue weighted by Gasteiger charge is -2.33. The Balaban J connectivity index is 1.95. The largest absolute Gasteiger partial charge is 0.379 e. The molecule has 2 aromatic rings. The van der Waals surface area contributed by atoms with Gasteiger partial charge in [0.15, 0.2) is 5.17 Å². The molecule has 2 heterocycles. The van der Waals surface area contributed by atoms with Crippen molar-refractivity contribution in [3.05, 3.63) is 47.5 Å². The van der Waals surface area contributed by atoms with Gasteiger partial charge in [0.05, 0.1) is 17.4 Å². The Morgan fingerprint density at radius 1 is 1.30 bits per heavy atom. The Morgan fingerprint density at radius 3 is 2.70 bits per heavy atom. The Bertz CT molecular complexity index is 880. The minimum atomic E-state index is -0.431. The zero-order valence-electron chi connectivity index (χ0n) is 16.0. The molecule has 1 amide bonds. The van der Waals surface area contributed by atoms with Gasteiger partial charge in [0.2, 0.25) is 0 Å². The average Bonchev–Trinajstić information content (AvgIpc) is 2.62. The van der Waals surface area contributed by atoms with Crippen molar-refractivity contribution in [1.29, 1.82) is 0 Å². The van der Waals surface area contributed by atoms with E-state index in [0.29, 0.717) is 10.9 Å². The van der Waals surface area contributed by atoms with Crippen LogP contribution in [0.1, 0.15) is 35.1 Å². The molecule has 1 aromatic heterocycles. The highest BCUT2D eigenvalue weighted by molar-refractivity contribution is 8.13. The second-order valence-corrected chi connectivity index (χ2v) is 8.06. The molecule has 142 valence electrons. The van der Waals surface area contributed by atoms with Gasteiger partial charge in [-0.3, -0.25) is 14.8 Å². The number of anilines is 2. The third kappa shape index (κ3) is 4.21. The number of hydrogen-bond donors (Lipinski definition) is 2. The van der Waals surface area contributed by atoms with Gasteiger partial charge < -0.3 is 16.0 Å². The van der Waals surface area contributed by atoms with E-state index in [4.69, 9.17) is 10.7 Å². The summed E-state index contributed by atoms with van der Waals surface area (Å²) in [6.45, 7) is 3.91. The van der Waals surface area contributed by atoms with Gasteiger partial charge in [-0.1, -0.05) is 11.8 Å². The molecule has 1 aliphatic heterocycles. The van der Waals surface area contributed by atoms with E-state index in [1.807, 2.05) is 44.1 Å². The predicted octanol–water partition coefficient (Wildman–Crippen LogP) is 2.77. The number of aryl methyl sites for hydroxylation is 1. The highest BCUT2D eigenvalue weighted by Crippen LogP contribution is 2.40. The topological polar surface area (TPSA) is 96.5 Å². The van der Waals surface area contributed by atoms with Gasteiger partial charge in [-0.2, -0.15) is 0 Å². The van der Waals surface area contributed by atoms with Crippen molar-refractivity contribution < 1.29 is 4.79 Å². The first kappa shape index (κ1) is 19.2. The fraction of sp³-hybridized carbons (Fsp3) is 0.368. The maximum absolute atomic E-state index is 12.5. The van der Waals surface area contributed by atoms with Crippen molar-refractivity contribution >= 4 is 34.2 Å². The van der Waals surface area contributed by atoms with E-state index in [-0.39, 0.29) is 11.6 Å². The van der Waals surface area contributed by atoms with Gasteiger partial charge in [0, 0.05) is 43.0 Å². The van der Waals surface area contributed by atoms with Crippen LogP contribution in [0.4, 0.5) is 11.4 Å². The number of amidine groups is 1. The molecule has 1 aromatic carbocycles. The SMILES string of the molecule is Cc1cnc(C(=O)Nc2ccc(N(C)C)c([C@]3(C)CCSC(N)=N3)c2)cn1. The zero-order valence-corrected chi connectivity index (χ0v) is 16.8. The van der Waals surface area contributed by atoms with Crippen LogP contribution in [0.2, 0.25) is 0 Å². The van der Waals surface area contributed by atoms with Crippen LogP contribution in [0, 0.1) is 6.92 Å². The number of rotatable bonds is 4. The molecule has 0 saturated carbocycles. The number of nitrogens with one attached hydrogen (secondary N) is 1. The van der Waals surface area contributed by atoms with E-state index in [1.54, 1.807) is 18.0 Å². The number of carbonyl (C=O) groups is 1. The molecule has 0 fully saturated rings. The van der Waals surface area contributed by atoms with Crippen LogP contribution < -0.4 is 16.0 Å². The summed E-state index contributed by atoms with van der Waals surface area (Å²) in [5, 5.41) is 3.50.